The third kappa shape index (κ3) is 3.00. The van der Waals surface area contributed by atoms with E-state index in [4.69, 9.17) is 0 Å². The predicted octanol–water partition coefficient (Wildman–Crippen LogP) is 1.72. The van der Waals surface area contributed by atoms with Gasteiger partial charge in [0.25, 0.3) is 0 Å². The van der Waals surface area contributed by atoms with Gasteiger partial charge in [-0.25, -0.2) is 0 Å². The molecule has 1 fully saturated rings. The summed E-state index contributed by atoms with van der Waals surface area (Å²) in [6, 6.07) is 2.00. The lowest BCUT2D eigenvalue weighted by molar-refractivity contribution is -0.139. The second-order valence-electron chi connectivity index (χ2n) is 6.38. The molecule has 21 heavy (non-hydrogen) atoms. The van der Waals surface area contributed by atoms with Crippen LogP contribution in [0.5, 0.6) is 0 Å². The highest BCUT2D eigenvalue weighted by molar-refractivity contribution is 7.10. The van der Waals surface area contributed by atoms with E-state index in [1.165, 1.54) is 10.4 Å². The second-order valence-corrected chi connectivity index (χ2v) is 7.38. The molecule has 2 aliphatic heterocycles. The first-order valence-corrected chi connectivity index (χ1v) is 8.70. The zero-order chi connectivity index (χ0) is 15.0. The van der Waals surface area contributed by atoms with Crippen LogP contribution in [-0.2, 0) is 17.8 Å². The van der Waals surface area contributed by atoms with E-state index in [0.717, 1.165) is 32.5 Å². The van der Waals surface area contributed by atoms with Crippen LogP contribution in [0.2, 0.25) is 0 Å². The molecule has 0 spiro atoms. The number of aliphatic hydroxyl groups excluding tert-OH is 1. The average molecular weight is 308 g/mol. The van der Waals surface area contributed by atoms with Crippen molar-refractivity contribution in [3.05, 3.63) is 21.9 Å². The van der Waals surface area contributed by atoms with Crippen LogP contribution < -0.4 is 0 Å². The molecule has 3 rings (SSSR count). The zero-order valence-corrected chi connectivity index (χ0v) is 13.6. The molecule has 3 unspecified atom stereocenters. The first kappa shape index (κ1) is 15.0. The summed E-state index contributed by atoms with van der Waals surface area (Å²) >= 11 is 1.79. The molecule has 1 aromatic heterocycles. The van der Waals surface area contributed by atoms with Crippen LogP contribution in [0.15, 0.2) is 11.4 Å². The number of carbonyl (C=O) groups is 1. The first-order chi connectivity index (χ1) is 10.1. The van der Waals surface area contributed by atoms with E-state index in [-0.39, 0.29) is 18.1 Å². The molecule has 1 N–H and O–H groups in total. The summed E-state index contributed by atoms with van der Waals surface area (Å²) in [6.07, 6.45) is 1.64. The molecule has 0 bridgehead atoms. The maximum atomic E-state index is 12.7. The maximum absolute atomic E-state index is 12.7. The SMILES string of the molecule is CC1CCN(C(C)C(=O)N2CCc3sccc3C2)CC1O. The largest absolute Gasteiger partial charge is 0.392 e. The predicted molar refractivity (Wildman–Crippen MR) is 84.3 cm³/mol. The monoisotopic (exact) mass is 308 g/mol. The fourth-order valence-corrected chi connectivity index (χ4v) is 4.17. The van der Waals surface area contributed by atoms with Crippen molar-refractivity contribution < 1.29 is 9.90 Å². The van der Waals surface area contributed by atoms with Crippen molar-refractivity contribution in [1.82, 2.24) is 9.80 Å². The molecule has 5 heteroatoms. The Morgan fingerprint density at radius 3 is 3.05 bits per heavy atom. The van der Waals surface area contributed by atoms with E-state index in [0.29, 0.717) is 12.5 Å². The van der Waals surface area contributed by atoms with Gasteiger partial charge >= 0.3 is 0 Å². The number of amides is 1. The van der Waals surface area contributed by atoms with Crippen LogP contribution >= 0.6 is 11.3 Å². The van der Waals surface area contributed by atoms with E-state index >= 15 is 0 Å². The van der Waals surface area contributed by atoms with Gasteiger partial charge in [-0.1, -0.05) is 6.92 Å². The fourth-order valence-electron chi connectivity index (χ4n) is 3.28. The number of nitrogens with zero attached hydrogens (tertiary/aromatic N) is 2. The van der Waals surface area contributed by atoms with Crippen LogP contribution in [0.25, 0.3) is 0 Å². The summed E-state index contributed by atoms with van der Waals surface area (Å²) < 4.78 is 0. The van der Waals surface area contributed by atoms with E-state index < -0.39 is 0 Å². The summed E-state index contributed by atoms with van der Waals surface area (Å²) in [4.78, 5) is 18.3. The third-order valence-corrected chi connectivity index (χ3v) is 6.00. The molecular weight excluding hydrogens is 284 g/mol. The minimum absolute atomic E-state index is 0.132. The number of thiophene rings is 1. The van der Waals surface area contributed by atoms with Crippen LogP contribution in [0.3, 0.4) is 0 Å². The van der Waals surface area contributed by atoms with Crippen molar-refractivity contribution in [1.29, 1.82) is 0 Å². The Balaban J connectivity index is 1.63. The molecule has 0 saturated carbocycles. The molecule has 1 amide bonds. The minimum Gasteiger partial charge on any atom is -0.392 e. The maximum Gasteiger partial charge on any atom is 0.239 e. The Morgan fingerprint density at radius 2 is 2.29 bits per heavy atom. The lowest BCUT2D eigenvalue weighted by Gasteiger charge is -2.39. The molecule has 3 heterocycles. The van der Waals surface area contributed by atoms with Crippen molar-refractivity contribution >= 4 is 17.2 Å². The number of rotatable bonds is 2. The summed E-state index contributed by atoms with van der Waals surface area (Å²) in [5.74, 6) is 0.542. The normalized spacial score (nSPS) is 28.2. The van der Waals surface area contributed by atoms with Gasteiger partial charge in [-0.05, 0) is 49.2 Å². The Hall–Kier alpha value is -0.910. The quantitative estimate of drug-likeness (QED) is 0.905. The van der Waals surface area contributed by atoms with Gasteiger partial charge in [0.2, 0.25) is 5.91 Å². The van der Waals surface area contributed by atoms with Crippen molar-refractivity contribution in [3.63, 3.8) is 0 Å². The Kier molecular flexibility index (Phi) is 4.33. The van der Waals surface area contributed by atoms with Crippen LogP contribution in [-0.4, -0.2) is 52.6 Å². The number of β-amino-alcohol motifs (C(OH)–C–C–N with tert-alkyl or cyclic N) is 1. The lowest BCUT2D eigenvalue weighted by Crippen LogP contribution is -2.53. The molecule has 4 nitrogen and oxygen atoms in total. The second kappa shape index (κ2) is 6.07. The average Bonchev–Trinajstić information content (AvgIpc) is 2.96. The number of piperidine rings is 1. The fraction of sp³-hybridized carbons (Fsp3) is 0.688. The highest BCUT2D eigenvalue weighted by Gasteiger charge is 2.33. The van der Waals surface area contributed by atoms with Gasteiger partial charge in [0.1, 0.15) is 0 Å². The molecule has 1 aromatic rings. The molecule has 1 saturated heterocycles. The van der Waals surface area contributed by atoms with Crippen LogP contribution in [0.1, 0.15) is 30.7 Å². The minimum atomic E-state index is -0.307. The van der Waals surface area contributed by atoms with E-state index in [9.17, 15) is 9.90 Å². The van der Waals surface area contributed by atoms with E-state index in [1.807, 2.05) is 11.8 Å². The van der Waals surface area contributed by atoms with Gasteiger partial charge in [0.15, 0.2) is 0 Å². The van der Waals surface area contributed by atoms with Crippen molar-refractivity contribution in [2.75, 3.05) is 19.6 Å². The highest BCUT2D eigenvalue weighted by atomic mass is 32.1. The number of hydrogen-bond donors (Lipinski definition) is 1. The number of fused-ring (bicyclic) bond motifs is 1. The van der Waals surface area contributed by atoms with Gasteiger partial charge < -0.3 is 10.0 Å². The number of aliphatic hydroxyl groups is 1. The van der Waals surface area contributed by atoms with Gasteiger partial charge in [-0.2, -0.15) is 0 Å². The first-order valence-electron chi connectivity index (χ1n) is 7.82. The third-order valence-electron chi connectivity index (χ3n) is 4.97. The smallest absolute Gasteiger partial charge is 0.239 e. The zero-order valence-electron chi connectivity index (χ0n) is 12.8. The van der Waals surface area contributed by atoms with Crippen molar-refractivity contribution in [2.24, 2.45) is 5.92 Å². The molecule has 0 aromatic carbocycles. The van der Waals surface area contributed by atoms with Crippen LogP contribution in [0.4, 0.5) is 0 Å². The van der Waals surface area contributed by atoms with Gasteiger partial charge in [0, 0.05) is 24.5 Å². The number of carbonyl (C=O) groups excluding carboxylic acids is 1. The molecular formula is C16H24N2O2S. The summed E-state index contributed by atoms with van der Waals surface area (Å²) in [5, 5.41) is 12.1. The summed E-state index contributed by atoms with van der Waals surface area (Å²) in [7, 11) is 0. The standard InChI is InChI=1S/C16H24N2O2S/c1-11-3-6-17(10-14(11)19)12(2)16(20)18-7-4-15-13(9-18)5-8-21-15/h5,8,11-12,14,19H,3-4,6-7,9-10H2,1-2H3. The Labute approximate surface area is 130 Å². The topological polar surface area (TPSA) is 43.8 Å². The number of likely N-dealkylation sites (tertiary alicyclic amines) is 1. The summed E-state index contributed by atoms with van der Waals surface area (Å²) in [6.45, 7) is 7.15. The molecule has 0 aliphatic carbocycles. The molecule has 2 aliphatic rings. The Morgan fingerprint density at radius 1 is 1.48 bits per heavy atom. The molecule has 3 atom stereocenters. The lowest BCUT2D eigenvalue weighted by atomic mass is 9.95. The van der Waals surface area contributed by atoms with Gasteiger partial charge in [-0.3, -0.25) is 9.69 Å². The molecule has 116 valence electrons. The van der Waals surface area contributed by atoms with Crippen molar-refractivity contribution in [2.45, 2.75) is 45.4 Å². The van der Waals surface area contributed by atoms with E-state index in [1.54, 1.807) is 11.3 Å². The molecule has 0 radical (unpaired) electrons. The van der Waals surface area contributed by atoms with Crippen molar-refractivity contribution in [3.8, 4) is 0 Å². The van der Waals surface area contributed by atoms with E-state index in [2.05, 4.69) is 23.3 Å². The number of hydrogen-bond acceptors (Lipinski definition) is 4. The summed E-state index contributed by atoms with van der Waals surface area (Å²) in [5.41, 5.74) is 1.30. The Bertz CT molecular complexity index is 516. The highest BCUT2D eigenvalue weighted by Crippen LogP contribution is 2.25. The van der Waals surface area contributed by atoms with Gasteiger partial charge in [-0.15, -0.1) is 11.3 Å². The van der Waals surface area contributed by atoms with Crippen LogP contribution in [0, 0.1) is 5.92 Å². The van der Waals surface area contributed by atoms with Gasteiger partial charge in [0.05, 0.1) is 12.1 Å².